The van der Waals surface area contributed by atoms with Gasteiger partial charge in [-0.2, -0.15) is 5.10 Å². The first kappa shape index (κ1) is 15.8. The van der Waals surface area contributed by atoms with E-state index in [0.29, 0.717) is 18.1 Å². The second kappa shape index (κ2) is 6.46. The number of amides is 1. The Kier molecular flexibility index (Phi) is 4.65. The molecular formula is C15H21N5O2. The summed E-state index contributed by atoms with van der Waals surface area (Å²) < 4.78 is 7.05. The Bertz CT molecular complexity index is 602. The molecule has 7 heteroatoms. The van der Waals surface area contributed by atoms with Crippen LogP contribution in [-0.4, -0.2) is 33.0 Å². The van der Waals surface area contributed by atoms with Gasteiger partial charge in [-0.05, 0) is 39.0 Å². The van der Waals surface area contributed by atoms with Gasteiger partial charge in [0.05, 0.1) is 18.4 Å². The number of nitrogens with zero attached hydrogens (tertiary/aromatic N) is 4. The first-order valence-corrected chi connectivity index (χ1v) is 7.04. The molecule has 0 saturated heterocycles. The molecule has 0 atom stereocenters. The average molecular weight is 303 g/mol. The molecule has 2 N–H and O–H groups in total. The molecule has 0 aliphatic carbocycles. The van der Waals surface area contributed by atoms with Crippen LogP contribution < -0.4 is 10.6 Å². The van der Waals surface area contributed by atoms with Crippen LogP contribution in [-0.2, 0) is 11.3 Å². The maximum Gasteiger partial charge on any atom is 0.416 e. The summed E-state index contributed by atoms with van der Waals surface area (Å²) in [6.45, 7) is 6.49. The van der Waals surface area contributed by atoms with E-state index >= 15 is 0 Å². The smallest absolute Gasteiger partial charge is 0.416 e. The monoisotopic (exact) mass is 303 g/mol. The summed E-state index contributed by atoms with van der Waals surface area (Å²) in [5.74, 6) is 0.505. The first-order valence-electron chi connectivity index (χ1n) is 7.04. The van der Waals surface area contributed by atoms with Crippen LogP contribution in [0.3, 0.4) is 0 Å². The van der Waals surface area contributed by atoms with E-state index in [-0.39, 0.29) is 6.61 Å². The zero-order valence-corrected chi connectivity index (χ0v) is 13.1. The number of nitrogen functional groups attached to an aromatic ring is 1. The zero-order valence-electron chi connectivity index (χ0n) is 13.1. The number of aromatic nitrogens is 3. The predicted molar refractivity (Wildman–Crippen MR) is 84.5 cm³/mol. The van der Waals surface area contributed by atoms with Gasteiger partial charge in [-0.25, -0.2) is 9.78 Å². The predicted octanol–water partition coefficient (Wildman–Crippen LogP) is 2.30. The van der Waals surface area contributed by atoms with E-state index in [1.807, 2.05) is 33.0 Å². The first-order chi connectivity index (χ1) is 10.4. The molecule has 0 aliphatic rings. The summed E-state index contributed by atoms with van der Waals surface area (Å²) in [6.07, 6.45) is 4.57. The molecule has 0 unspecified atom stereocenters. The SMILES string of the molecule is CC(C)(C)N(C(=O)OCCn1cccn1)c1ccc(N)cn1. The quantitative estimate of drug-likeness (QED) is 0.936. The molecule has 0 aliphatic heterocycles. The standard InChI is InChI=1S/C15H21N5O2/c1-15(2,3)20(13-6-5-12(16)11-17-13)14(21)22-10-9-19-8-4-7-18-19/h4-8,11H,9-10,16H2,1-3H3. The van der Waals surface area contributed by atoms with Crippen molar-refractivity contribution in [2.45, 2.75) is 32.9 Å². The Labute approximate surface area is 129 Å². The third-order valence-electron chi connectivity index (χ3n) is 2.96. The van der Waals surface area contributed by atoms with Gasteiger partial charge >= 0.3 is 6.09 Å². The molecule has 22 heavy (non-hydrogen) atoms. The average Bonchev–Trinajstić information content (AvgIpc) is 2.93. The van der Waals surface area contributed by atoms with Gasteiger partial charge in [-0.1, -0.05) is 0 Å². The third kappa shape index (κ3) is 3.97. The number of ether oxygens (including phenoxy) is 1. The lowest BCUT2D eigenvalue weighted by molar-refractivity contribution is 0.142. The second-order valence-corrected chi connectivity index (χ2v) is 5.84. The summed E-state index contributed by atoms with van der Waals surface area (Å²) in [7, 11) is 0. The molecule has 0 radical (unpaired) electrons. The van der Waals surface area contributed by atoms with Crippen LogP contribution in [0, 0.1) is 0 Å². The summed E-state index contributed by atoms with van der Waals surface area (Å²) in [5.41, 5.74) is 5.72. The third-order valence-corrected chi connectivity index (χ3v) is 2.96. The number of nitrogens with two attached hydrogens (primary N) is 1. The normalized spacial score (nSPS) is 11.2. The molecule has 0 aromatic carbocycles. The van der Waals surface area contributed by atoms with Crippen molar-refractivity contribution >= 4 is 17.6 Å². The molecule has 1 amide bonds. The highest BCUT2D eigenvalue weighted by atomic mass is 16.6. The summed E-state index contributed by atoms with van der Waals surface area (Å²) in [6, 6.07) is 5.23. The topological polar surface area (TPSA) is 86.3 Å². The molecule has 2 heterocycles. The Morgan fingerprint density at radius 1 is 1.41 bits per heavy atom. The number of pyridine rings is 1. The summed E-state index contributed by atoms with van der Waals surface area (Å²) >= 11 is 0. The van der Waals surface area contributed by atoms with E-state index < -0.39 is 11.6 Å². The number of anilines is 2. The van der Waals surface area contributed by atoms with Crippen LogP contribution in [0.25, 0.3) is 0 Å². The minimum atomic E-state index is -0.466. The molecule has 2 aromatic rings. The van der Waals surface area contributed by atoms with Crippen LogP contribution in [0.2, 0.25) is 0 Å². The molecule has 2 rings (SSSR count). The second-order valence-electron chi connectivity index (χ2n) is 5.84. The van der Waals surface area contributed by atoms with Gasteiger partial charge in [0.1, 0.15) is 12.4 Å². The van der Waals surface area contributed by atoms with Crippen molar-refractivity contribution in [1.29, 1.82) is 0 Å². The molecule has 2 aromatic heterocycles. The maximum absolute atomic E-state index is 12.4. The minimum Gasteiger partial charge on any atom is -0.447 e. The van der Waals surface area contributed by atoms with E-state index in [2.05, 4.69) is 10.1 Å². The van der Waals surface area contributed by atoms with Gasteiger partial charge in [0.25, 0.3) is 0 Å². The fourth-order valence-electron chi connectivity index (χ4n) is 1.96. The fraction of sp³-hybridized carbons (Fsp3) is 0.400. The number of hydrogen-bond acceptors (Lipinski definition) is 5. The molecule has 118 valence electrons. The Balaban J connectivity index is 2.05. The molecule has 0 saturated carbocycles. The van der Waals surface area contributed by atoms with E-state index in [1.54, 1.807) is 23.0 Å². The van der Waals surface area contributed by atoms with E-state index in [9.17, 15) is 4.79 Å². The van der Waals surface area contributed by atoms with Crippen molar-refractivity contribution in [3.05, 3.63) is 36.8 Å². The van der Waals surface area contributed by atoms with Crippen molar-refractivity contribution < 1.29 is 9.53 Å². The maximum atomic E-state index is 12.4. The van der Waals surface area contributed by atoms with E-state index in [4.69, 9.17) is 10.5 Å². The van der Waals surface area contributed by atoms with Crippen molar-refractivity contribution in [3.8, 4) is 0 Å². The highest BCUT2D eigenvalue weighted by Gasteiger charge is 2.30. The van der Waals surface area contributed by atoms with Gasteiger partial charge < -0.3 is 10.5 Å². The van der Waals surface area contributed by atoms with E-state index in [1.165, 1.54) is 11.1 Å². The van der Waals surface area contributed by atoms with Gasteiger partial charge in [0.15, 0.2) is 0 Å². The summed E-state index contributed by atoms with van der Waals surface area (Å²) in [4.78, 5) is 18.1. The lowest BCUT2D eigenvalue weighted by atomic mass is 10.1. The van der Waals surface area contributed by atoms with Crippen molar-refractivity contribution in [2.75, 3.05) is 17.2 Å². The van der Waals surface area contributed by atoms with Gasteiger partial charge in [-0.3, -0.25) is 9.58 Å². The zero-order chi connectivity index (χ0) is 16.2. The number of carbonyl (C=O) groups excluding carboxylic acids is 1. The van der Waals surface area contributed by atoms with Crippen molar-refractivity contribution in [2.24, 2.45) is 0 Å². The molecule has 0 fully saturated rings. The number of hydrogen-bond donors (Lipinski definition) is 1. The highest BCUT2D eigenvalue weighted by molar-refractivity contribution is 5.88. The van der Waals surface area contributed by atoms with Crippen LogP contribution in [0.5, 0.6) is 0 Å². The molecular weight excluding hydrogens is 282 g/mol. The lowest BCUT2D eigenvalue weighted by Crippen LogP contribution is -2.47. The highest BCUT2D eigenvalue weighted by Crippen LogP contribution is 2.23. The van der Waals surface area contributed by atoms with Crippen LogP contribution in [0.15, 0.2) is 36.8 Å². The van der Waals surface area contributed by atoms with Crippen molar-refractivity contribution in [1.82, 2.24) is 14.8 Å². The van der Waals surface area contributed by atoms with Crippen molar-refractivity contribution in [3.63, 3.8) is 0 Å². The fourth-order valence-corrected chi connectivity index (χ4v) is 1.96. The van der Waals surface area contributed by atoms with Gasteiger partial charge in [-0.15, -0.1) is 0 Å². The lowest BCUT2D eigenvalue weighted by Gasteiger charge is -2.33. The van der Waals surface area contributed by atoms with Crippen LogP contribution in [0.1, 0.15) is 20.8 Å². The van der Waals surface area contributed by atoms with Gasteiger partial charge in [0, 0.05) is 17.9 Å². The van der Waals surface area contributed by atoms with Crippen LogP contribution in [0.4, 0.5) is 16.3 Å². The van der Waals surface area contributed by atoms with Gasteiger partial charge in [0.2, 0.25) is 0 Å². The Morgan fingerprint density at radius 3 is 2.73 bits per heavy atom. The molecule has 7 nitrogen and oxygen atoms in total. The largest absolute Gasteiger partial charge is 0.447 e. The Morgan fingerprint density at radius 2 is 2.18 bits per heavy atom. The Hall–Kier alpha value is -2.57. The molecule has 0 bridgehead atoms. The molecule has 0 spiro atoms. The van der Waals surface area contributed by atoms with E-state index in [0.717, 1.165) is 0 Å². The number of rotatable bonds is 4. The van der Waals surface area contributed by atoms with Crippen LogP contribution >= 0.6 is 0 Å². The summed E-state index contributed by atoms with van der Waals surface area (Å²) in [5, 5.41) is 4.06. The minimum absolute atomic E-state index is 0.238. The number of carbonyl (C=O) groups is 1.